The average Bonchev–Trinajstić information content (AvgIpc) is 2.74. The van der Waals surface area contributed by atoms with E-state index < -0.39 is 0 Å². The Morgan fingerprint density at radius 1 is 0.704 bits per heavy atom. The van der Waals surface area contributed by atoms with Gasteiger partial charge in [-0.2, -0.15) is 0 Å². The third-order valence-electron chi connectivity index (χ3n) is 3.94. The smallest absolute Gasteiger partial charge is 0.251 e. The molecule has 0 aliphatic heterocycles. The van der Waals surface area contributed by atoms with Gasteiger partial charge in [-0.15, -0.1) is 0 Å². The van der Waals surface area contributed by atoms with E-state index in [4.69, 9.17) is 0 Å². The van der Waals surface area contributed by atoms with E-state index in [1.54, 1.807) is 29.3 Å². The largest absolute Gasteiger partial charge is 0.352 e. The SMILES string of the molecule is O=C(CCNC(=O)c1ccccc1)NN(c1ccccc1)c1ccccc1. The molecule has 27 heavy (non-hydrogen) atoms. The van der Waals surface area contributed by atoms with Gasteiger partial charge in [-0.3, -0.25) is 20.0 Å². The van der Waals surface area contributed by atoms with Crippen molar-refractivity contribution in [3.8, 4) is 0 Å². The molecule has 0 saturated carbocycles. The number of carbonyl (C=O) groups is 2. The van der Waals surface area contributed by atoms with E-state index in [1.807, 2.05) is 66.7 Å². The highest BCUT2D eigenvalue weighted by atomic mass is 16.2. The Kier molecular flexibility index (Phi) is 6.20. The topological polar surface area (TPSA) is 61.4 Å². The van der Waals surface area contributed by atoms with Crippen LogP contribution < -0.4 is 15.8 Å². The number of hydrogen-bond acceptors (Lipinski definition) is 3. The molecule has 5 nitrogen and oxygen atoms in total. The minimum absolute atomic E-state index is 0.175. The third kappa shape index (κ3) is 5.19. The van der Waals surface area contributed by atoms with Gasteiger partial charge in [0.25, 0.3) is 5.91 Å². The molecule has 0 unspecified atom stereocenters. The summed E-state index contributed by atoms with van der Waals surface area (Å²) >= 11 is 0. The Morgan fingerprint density at radius 3 is 1.70 bits per heavy atom. The third-order valence-corrected chi connectivity index (χ3v) is 3.94. The summed E-state index contributed by atoms with van der Waals surface area (Å²) in [7, 11) is 0. The number of amides is 2. The van der Waals surface area contributed by atoms with Crippen molar-refractivity contribution in [2.24, 2.45) is 0 Å². The number of hydrazine groups is 1. The van der Waals surface area contributed by atoms with Gasteiger partial charge in [0.2, 0.25) is 5.91 Å². The highest BCUT2D eigenvalue weighted by Gasteiger charge is 2.13. The molecule has 2 N–H and O–H groups in total. The van der Waals surface area contributed by atoms with Crippen LogP contribution in [0.15, 0.2) is 91.0 Å². The maximum atomic E-state index is 12.4. The molecule has 0 aromatic heterocycles. The van der Waals surface area contributed by atoms with E-state index in [0.29, 0.717) is 5.56 Å². The predicted octanol–water partition coefficient (Wildman–Crippen LogP) is 3.68. The number of hydrogen-bond donors (Lipinski definition) is 2. The summed E-state index contributed by atoms with van der Waals surface area (Å²) in [5.41, 5.74) is 5.19. The first-order valence-corrected chi connectivity index (χ1v) is 8.77. The van der Waals surface area contributed by atoms with E-state index >= 15 is 0 Å². The predicted molar refractivity (Wildman–Crippen MR) is 107 cm³/mol. The Morgan fingerprint density at radius 2 is 1.19 bits per heavy atom. The van der Waals surface area contributed by atoms with Crippen molar-refractivity contribution in [2.75, 3.05) is 11.6 Å². The first-order chi connectivity index (χ1) is 13.2. The van der Waals surface area contributed by atoms with Crippen LogP contribution in [-0.4, -0.2) is 18.4 Å². The molecule has 0 atom stereocenters. The normalized spacial score (nSPS) is 10.1. The number of nitrogens with one attached hydrogen (secondary N) is 2. The molecular weight excluding hydrogens is 338 g/mol. The number of anilines is 2. The summed E-state index contributed by atoms with van der Waals surface area (Å²) in [4.78, 5) is 24.5. The summed E-state index contributed by atoms with van der Waals surface area (Å²) in [6.45, 7) is 0.261. The molecule has 0 bridgehead atoms. The Labute approximate surface area is 158 Å². The van der Waals surface area contributed by atoms with Gasteiger partial charge in [0, 0.05) is 18.5 Å². The molecule has 136 valence electrons. The molecule has 0 heterocycles. The molecule has 0 fully saturated rings. The van der Waals surface area contributed by atoms with Crippen LogP contribution in [0.5, 0.6) is 0 Å². The van der Waals surface area contributed by atoms with Crippen LogP contribution in [0.25, 0.3) is 0 Å². The van der Waals surface area contributed by atoms with Crippen LogP contribution in [0, 0.1) is 0 Å². The zero-order valence-electron chi connectivity index (χ0n) is 14.8. The van der Waals surface area contributed by atoms with E-state index in [9.17, 15) is 9.59 Å². The first-order valence-electron chi connectivity index (χ1n) is 8.77. The summed E-state index contributed by atoms with van der Waals surface area (Å²) in [6.07, 6.45) is 0.175. The Hall–Kier alpha value is -3.60. The summed E-state index contributed by atoms with van der Waals surface area (Å²) < 4.78 is 0. The van der Waals surface area contributed by atoms with Gasteiger partial charge in [0.1, 0.15) is 0 Å². The van der Waals surface area contributed by atoms with Crippen molar-refractivity contribution < 1.29 is 9.59 Å². The van der Waals surface area contributed by atoms with Gasteiger partial charge >= 0.3 is 0 Å². The van der Waals surface area contributed by atoms with Crippen LogP contribution in [0.3, 0.4) is 0 Å². The second-order valence-corrected chi connectivity index (χ2v) is 5.91. The van der Waals surface area contributed by atoms with Crippen molar-refractivity contribution in [1.82, 2.24) is 10.7 Å². The standard InChI is InChI=1S/C22H21N3O2/c26-21(16-17-23-22(27)18-10-4-1-5-11-18)24-25(19-12-6-2-7-13-19)20-14-8-3-9-15-20/h1-15H,16-17H2,(H,23,27)(H,24,26). The molecule has 0 aliphatic carbocycles. The van der Waals surface area contributed by atoms with Gasteiger partial charge in [-0.1, -0.05) is 54.6 Å². The van der Waals surface area contributed by atoms with Crippen LogP contribution in [-0.2, 0) is 4.79 Å². The van der Waals surface area contributed by atoms with Gasteiger partial charge in [-0.25, -0.2) is 0 Å². The van der Waals surface area contributed by atoms with Crippen LogP contribution in [0.4, 0.5) is 11.4 Å². The second kappa shape index (κ2) is 9.20. The maximum absolute atomic E-state index is 12.4. The van der Waals surface area contributed by atoms with Crippen molar-refractivity contribution in [2.45, 2.75) is 6.42 Å². The summed E-state index contributed by atoms with van der Waals surface area (Å²) in [5.74, 6) is -0.373. The summed E-state index contributed by atoms with van der Waals surface area (Å²) in [6, 6.07) is 28.1. The highest BCUT2D eigenvalue weighted by Crippen LogP contribution is 2.22. The molecule has 3 aromatic carbocycles. The fraction of sp³-hybridized carbons (Fsp3) is 0.0909. The van der Waals surface area contributed by atoms with Gasteiger partial charge in [0.15, 0.2) is 0 Å². The number of carbonyl (C=O) groups excluding carboxylic acids is 2. The lowest BCUT2D eigenvalue weighted by Crippen LogP contribution is -2.40. The van der Waals surface area contributed by atoms with Crippen molar-refractivity contribution in [3.05, 3.63) is 96.6 Å². The number of para-hydroxylation sites is 2. The maximum Gasteiger partial charge on any atom is 0.251 e. The lowest BCUT2D eigenvalue weighted by atomic mass is 10.2. The van der Waals surface area contributed by atoms with E-state index in [1.165, 1.54) is 0 Å². The highest BCUT2D eigenvalue weighted by molar-refractivity contribution is 5.94. The van der Waals surface area contributed by atoms with Crippen molar-refractivity contribution in [1.29, 1.82) is 0 Å². The van der Waals surface area contributed by atoms with Crippen LogP contribution in [0.2, 0.25) is 0 Å². The fourth-order valence-corrected chi connectivity index (χ4v) is 2.59. The first kappa shape index (κ1) is 18.2. The minimum Gasteiger partial charge on any atom is -0.352 e. The molecule has 3 aromatic rings. The van der Waals surface area contributed by atoms with Gasteiger partial charge in [-0.05, 0) is 36.4 Å². The van der Waals surface area contributed by atoms with E-state index in [2.05, 4.69) is 10.7 Å². The number of nitrogens with zero attached hydrogens (tertiary/aromatic N) is 1. The fourth-order valence-electron chi connectivity index (χ4n) is 2.59. The molecular formula is C22H21N3O2. The molecule has 3 rings (SSSR count). The minimum atomic E-state index is -0.189. The molecule has 0 spiro atoms. The lowest BCUT2D eigenvalue weighted by molar-refractivity contribution is -0.120. The van der Waals surface area contributed by atoms with Gasteiger partial charge in [0.05, 0.1) is 11.4 Å². The van der Waals surface area contributed by atoms with Crippen LogP contribution >= 0.6 is 0 Å². The molecule has 2 amide bonds. The van der Waals surface area contributed by atoms with Crippen LogP contribution in [0.1, 0.15) is 16.8 Å². The van der Waals surface area contributed by atoms with Crippen molar-refractivity contribution >= 4 is 23.2 Å². The monoisotopic (exact) mass is 359 g/mol. The number of benzene rings is 3. The molecule has 0 aliphatic rings. The lowest BCUT2D eigenvalue weighted by Gasteiger charge is -2.25. The second-order valence-electron chi connectivity index (χ2n) is 5.91. The Balaban J connectivity index is 1.59. The Bertz CT molecular complexity index is 828. The van der Waals surface area contributed by atoms with E-state index in [-0.39, 0.29) is 24.8 Å². The quantitative estimate of drug-likeness (QED) is 0.633. The molecule has 5 heteroatoms. The zero-order valence-corrected chi connectivity index (χ0v) is 14.8. The average molecular weight is 359 g/mol. The zero-order chi connectivity index (χ0) is 18.9. The van der Waals surface area contributed by atoms with Gasteiger partial charge < -0.3 is 5.32 Å². The molecule has 0 radical (unpaired) electrons. The summed E-state index contributed by atoms with van der Waals surface area (Å²) in [5, 5.41) is 4.50. The van der Waals surface area contributed by atoms with Crippen molar-refractivity contribution in [3.63, 3.8) is 0 Å². The number of rotatable bonds is 7. The molecule has 0 saturated heterocycles. The van der Waals surface area contributed by atoms with E-state index in [0.717, 1.165) is 11.4 Å².